The molecule has 1 aliphatic heterocycles. The Kier molecular flexibility index (Phi) is 5.89. The zero-order chi connectivity index (χ0) is 20.3. The normalized spacial score (nSPS) is 16.1. The van der Waals surface area contributed by atoms with Crippen LogP contribution in [0.3, 0.4) is 0 Å². The zero-order valence-corrected chi connectivity index (χ0v) is 17.7. The molecule has 146 valence electrons. The number of benzene rings is 2. The molecule has 2 amide bonds. The summed E-state index contributed by atoms with van der Waals surface area (Å²) < 4.78 is 6.20. The van der Waals surface area contributed by atoms with Crippen LogP contribution in [-0.2, 0) is 16.1 Å². The van der Waals surface area contributed by atoms with Crippen molar-refractivity contribution < 1.29 is 14.3 Å². The summed E-state index contributed by atoms with van der Waals surface area (Å²) >= 11 is 3.51. The number of carbonyl (C=O) groups is 2. The molecule has 0 radical (unpaired) electrons. The van der Waals surface area contributed by atoms with Crippen LogP contribution < -0.4 is 5.32 Å². The number of carbonyl (C=O) groups excluding carboxylic acids is 2. The Bertz CT molecular complexity index is 903. The van der Waals surface area contributed by atoms with E-state index in [1.54, 1.807) is 6.20 Å². The fourth-order valence-corrected chi connectivity index (χ4v) is 3.61. The fraction of sp³-hybridized carbons (Fsp3) is 0.273. The van der Waals surface area contributed by atoms with Gasteiger partial charge < -0.3 is 10.1 Å². The number of fused-ring (bicyclic) bond motifs is 1. The van der Waals surface area contributed by atoms with Crippen LogP contribution in [0.1, 0.15) is 43.5 Å². The Hall–Kier alpha value is -2.60. The van der Waals surface area contributed by atoms with Crippen LogP contribution in [0.2, 0.25) is 0 Å². The second-order valence-electron chi connectivity index (χ2n) is 7.65. The Morgan fingerprint density at radius 2 is 1.71 bits per heavy atom. The minimum absolute atomic E-state index is 0.136. The Morgan fingerprint density at radius 1 is 1.07 bits per heavy atom. The lowest BCUT2D eigenvalue weighted by Gasteiger charge is -2.34. The molecule has 0 spiro atoms. The van der Waals surface area contributed by atoms with Crippen LogP contribution in [0.4, 0.5) is 4.79 Å². The molecule has 3 rings (SSSR count). The third-order valence-corrected chi connectivity index (χ3v) is 4.84. The predicted molar refractivity (Wildman–Crippen MR) is 112 cm³/mol. The van der Waals surface area contributed by atoms with Gasteiger partial charge in [0.15, 0.2) is 0 Å². The second kappa shape index (κ2) is 8.19. The molecule has 1 unspecified atom stereocenters. The fourth-order valence-electron chi connectivity index (χ4n) is 3.03. The van der Waals surface area contributed by atoms with Crippen molar-refractivity contribution in [3.63, 3.8) is 0 Å². The quantitative estimate of drug-likeness (QED) is 0.728. The monoisotopic (exact) mass is 442 g/mol. The van der Waals surface area contributed by atoms with Gasteiger partial charge in [0.2, 0.25) is 5.91 Å². The maximum atomic E-state index is 13.1. The van der Waals surface area contributed by atoms with Crippen LogP contribution in [0.25, 0.3) is 4.48 Å². The van der Waals surface area contributed by atoms with Gasteiger partial charge >= 0.3 is 6.09 Å². The van der Waals surface area contributed by atoms with E-state index in [0.717, 1.165) is 21.2 Å². The van der Waals surface area contributed by atoms with Gasteiger partial charge in [0, 0.05) is 16.2 Å². The Morgan fingerprint density at radius 3 is 2.39 bits per heavy atom. The maximum absolute atomic E-state index is 13.1. The van der Waals surface area contributed by atoms with E-state index >= 15 is 0 Å². The molecule has 0 bridgehead atoms. The van der Waals surface area contributed by atoms with Crippen LogP contribution >= 0.6 is 15.9 Å². The highest BCUT2D eigenvalue weighted by molar-refractivity contribution is 9.15. The van der Waals surface area contributed by atoms with Gasteiger partial charge in [0.05, 0.1) is 0 Å². The Labute approximate surface area is 173 Å². The number of hydrogen-bond acceptors (Lipinski definition) is 3. The summed E-state index contributed by atoms with van der Waals surface area (Å²) in [5, 5.41) is 2.97. The van der Waals surface area contributed by atoms with Gasteiger partial charge in [-0.1, -0.05) is 54.6 Å². The highest BCUT2D eigenvalue weighted by Gasteiger charge is 2.37. The Balaban J connectivity index is 1.89. The van der Waals surface area contributed by atoms with Crippen molar-refractivity contribution in [1.82, 2.24) is 10.2 Å². The van der Waals surface area contributed by atoms with Gasteiger partial charge in [0.25, 0.3) is 0 Å². The molecule has 1 heterocycles. The van der Waals surface area contributed by atoms with Crippen molar-refractivity contribution in [3.05, 3.63) is 77.5 Å². The summed E-state index contributed by atoms with van der Waals surface area (Å²) in [5.74, 6) is -0.257. The summed E-state index contributed by atoms with van der Waals surface area (Å²) in [7, 11) is 0. The van der Waals surface area contributed by atoms with Crippen LogP contribution in [-0.4, -0.2) is 22.4 Å². The van der Waals surface area contributed by atoms with E-state index in [-0.39, 0.29) is 12.5 Å². The van der Waals surface area contributed by atoms with Gasteiger partial charge in [-0.05, 0) is 53.4 Å². The number of amides is 2. The molecule has 1 atom stereocenters. The first kappa shape index (κ1) is 20.1. The average molecular weight is 443 g/mol. The van der Waals surface area contributed by atoms with Crippen molar-refractivity contribution in [2.45, 2.75) is 39.0 Å². The van der Waals surface area contributed by atoms with Gasteiger partial charge in [-0.3, -0.25) is 9.69 Å². The van der Waals surface area contributed by atoms with Crippen molar-refractivity contribution in [3.8, 4) is 0 Å². The molecule has 0 aromatic heterocycles. The first-order valence-electron chi connectivity index (χ1n) is 9.04. The molecule has 28 heavy (non-hydrogen) atoms. The van der Waals surface area contributed by atoms with Crippen LogP contribution in [0.15, 0.2) is 60.8 Å². The van der Waals surface area contributed by atoms with E-state index in [0.29, 0.717) is 0 Å². The third kappa shape index (κ3) is 4.62. The van der Waals surface area contributed by atoms with Gasteiger partial charge in [0.1, 0.15) is 12.6 Å². The number of nitrogens with one attached hydrogen (secondary N) is 1. The largest absolute Gasteiger partial charge is 0.444 e. The molecule has 6 heteroatoms. The van der Waals surface area contributed by atoms with Crippen molar-refractivity contribution >= 4 is 32.4 Å². The van der Waals surface area contributed by atoms with Crippen LogP contribution in [0.5, 0.6) is 0 Å². The highest BCUT2D eigenvalue weighted by atomic mass is 79.9. The predicted octanol–water partition coefficient (Wildman–Crippen LogP) is 4.99. The lowest BCUT2D eigenvalue weighted by Crippen LogP contribution is -2.48. The van der Waals surface area contributed by atoms with E-state index in [2.05, 4.69) is 21.2 Å². The van der Waals surface area contributed by atoms with Gasteiger partial charge in [-0.2, -0.15) is 0 Å². The topological polar surface area (TPSA) is 58.6 Å². The van der Waals surface area contributed by atoms with E-state index < -0.39 is 17.7 Å². The molecule has 2 aromatic rings. The first-order chi connectivity index (χ1) is 13.3. The molecule has 1 aliphatic rings. The smallest absolute Gasteiger partial charge is 0.415 e. The highest BCUT2D eigenvalue weighted by Crippen LogP contribution is 2.38. The summed E-state index contributed by atoms with van der Waals surface area (Å²) in [6, 6.07) is 16.2. The molecule has 1 N–H and O–H groups in total. The molecular weight excluding hydrogens is 420 g/mol. The third-order valence-electron chi connectivity index (χ3n) is 4.21. The maximum Gasteiger partial charge on any atom is 0.415 e. The number of nitrogens with zero attached hydrogens (tertiary/aromatic N) is 1. The summed E-state index contributed by atoms with van der Waals surface area (Å²) in [5.41, 5.74) is 2.08. The standard InChI is InChI=1S/C22H23BrN2O3/c1-22(2,3)24-20(26)19-17-12-8-7-11-16(17)18(23)13-25(19)21(27)28-14-15-9-5-4-6-10-15/h4-13,19H,14H2,1-3H3,(H,24,26). The zero-order valence-electron chi connectivity index (χ0n) is 16.1. The molecule has 0 saturated carbocycles. The number of ether oxygens (including phenoxy) is 1. The van der Waals surface area contributed by atoms with E-state index in [1.807, 2.05) is 75.4 Å². The van der Waals surface area contributed by atoms with Gasteiger partial charge in [-0.25, -0.2) is 4.79 Å². The lowest BCUT2D eigenvalue weighted by molar-refractivity contribution is -0.127. The van der Waals surface area contributed by atoms with E-state index in [1.165, 1.54) is 4.90 Å². The molecular formula is C22H23BrN2O3. The van der Waals surface area contributed by atoms with Crippen molar-refractivity contribution in [1.29, 1.82) is 0 Å². The molecule has 5 nitrogen and oxygen atoms in total. The summed E-state index contributed by atoms with van der Waals surface area (Å²) in [4.78, 5) is 27.3. The van der Waals surface area contributed by atoms with E-state index in [4.69, 9.17) is 4.74 Å². The minimum Gasteiger partial charge on any atom is -0.444 e. The number of halogens is 1. The average Bonchev–Trinajstić information content (AvgIpc) is 2.65. The minimum atomic E-state index is -0.806. The number of rotatable bonds is 3. The molecule has 0 fully saturated rings. The van der Waals surface area contributed by atoms with Crippen molar-refractivity contribution in [2.75, 3.05) is 0 Å². The molecule has 0 aliphatic carbocycles. The van der Waals surface area contributed by atoms with Crippen molar-refractivity contribution in [2.24, 2.45) is 0 Å². The second-order valence-corrected chi connectivity index (χ2v) is 8.51. The molecule has 0 saturated heterocycles. The van der Waals surface area contributed by atoms with Gasteiger partial charge in [-0.15, -0.1) is 0 Å². The number of hydrogen-bond donors (Lipinski definition) is 1. The van der Waals surface area contributed by atoms with E-state index in [9.17, 15) is 9.59 Å². The molecule has 2 aromatic carbocycles. The summed E-state index contributed by atoms with van der Waals surface area (Å²) in [6.07, 6.45) is 1.03. The SMILES string of the molecule is CC(C)(C)NC(=O)C1c2ccccc2C(Br)=CN1C(=O)OCc1ccccc1. The lowest BCUT2D eigenvalue weighted by atomic mass is 9.95. The first-order valence-corrected chi connectivity index (χ1v) is 9.83. The summed E-state index contributed by atoms with van der Waals surface area (Å²) in [6.45, 7) is 5.85. The van der Waals surface area contributed by atoms with Crippen LogP contribution in [0, 0.1) is 0 Å².